The van der Waals surface area contributed by atoms with Crippen LogP contribution >= 0.6 is 11.6 Å². The molecule has 2 amide bonds. The maximum absolute atomic E-state index is 12.4. The van der Waals surface area contributed by atoms with E-state index in [0.29, 0.717) is 16.3 Å². The molecule has 1 aliphatic heterocycles. The molecule has 22 heavy (non-hydrogen) atoms. The molecule has 1 aromatic rings. The molecule has 0 aromatic heterocycles. The van der Waals surface area contributed by atoms with Crippen LogP contribution in [0.2, 0.25) is 5.02 Å². The number of anilines is 1. The van der Waals surface area contributed by atoms with E-state index in [-0.39, 0.29) is 24.3 Å². The molecule has 2 aliphatic rings. The van der Waals surface area contributed by atoms with Gasteiger partial charge in [0.25, 0.3) is 5.91 Å². The molecule has 1 heterocycles. The first kappa shape index (κ1) is 15.1. The van der Waals surface area contributed by atoms with Crippen LogP contribution in [0.3, 0.4) is 0 Å². The van der Waals surface area contributed by atoms with Gasteiger partial charge in [-0.05, 0) is 43.0 Å². The Morgan fingerprint density at radius 2 is 2.23 bits per heavy atom. The van der Waals surface area contributed by atoms with Crippen molar-refractivity contribution in [1.29, 1.82) is 0 Å². The largest absolute Gasteiger partial charge is 0.335 e. The summed E-state index contributed by atoms with van der Waals surface area (Å²) in [6.45, 7) is 0. The maximum Gasteiger partial charge on any atom is 0.250 e. The normalized spacial score (nSPS) is 21.1. The Hall–Kier alpha value is -1.81. The van der Waals surface area contributed by atoms with Crippen molar-refractivity contribution < 1.29 is 9.59 Å². The number of rotatable bonds is 3. The summed E-state index contributed by atoms with van der Waals surface area (Å²) in [6, 6.07) is 7.22. The summed E-state index contributed by atoms with van der Waals surface area (Å²) in [6.07, 6.45) is 4.33. The average molecular weight is 319 g/mol. The molecule has 1 unspecified atom stereocenters. The van der Waals surface area contributed by atoms with Gasteiger partial charge in [0, 0.05) is 23.3 Å². The van der Waals surface area contributed by atoms with E-state index in [0.717, 1.165) is 25.7 Å². The summed E-state index contributed by atoms with van der Waals surface area (Å²) in [5, 5.41) is 3.39. The fourth-order valence-corrected chi connectivity index (χ4v) is 3.58. The van der Waals surface area contributed by atoms with Crippen molar-refractivity contribution in [3.05, 3.63) is 40.4 Å². The second kappa shape index (κ2) is 6.13. The van der Waals surface area contributed by atoms with E-state index in [1.54, 1.807) is 29.2 Å². The predicted octanol–water partition coefficient (Wildman–Crippen LogP) is 3.38. The number of nitrogens with zero attached hydrogens (tertiary/aromatic N) is 1. The number of nitrogens with one attached hydrogen (secondary N) is 1. The van der Waals surface area contributed by atoms with Crippen molar-refractivity contribution in [2.45, 2.75) is 38.1 Å². The topological polar surface area (TPSA) is 49.4 Å². The summed E-state index contributed by atoms with van der Waals surface area (Å²) in [5.74, 6) is -0.166. The Kier molecular flexibility index (Phi) is 4.21. The van der Waals surface area contributed by atoms with Crippen molar-refractivity contribution in [1.82, 2.24) is 4.90 Å². The molecule has 1 N–H and O–H groups in total. The Bertz CT molecular complexity index is 654. The maximum atomic E-state index is 12.4. The van der Waals surface area contributed by atoms with Crippen LogP contribution in [0.4, 0.5) is 5.69 Å². The van der Waals surface area contributed by atoms with Crippen LogP contribution in [0.5, 0.6) is 0 Å². The number of carbonyl (C=O) groups is 2. The minimum atomic E-state index is -0.169. The Morgan fingerprint density at radius 3 is 3.00 bits per heavy atom. The van der Waals surface area contributed by atoms with Crippen molar-refractivity contribution in [2.24, 2.45) is 0 Å². The second-order valence-corrected chi connectivity index (χ2v) is 6.35. The number of amides is 2. The van der Waals surface area contributed by atoms with Gasteiger partial charge in [0.2, 0.25) is 5.91 Å². The van der Waals surface area contributed by atoms with Gasteiger partial charge in [-0.15, -0.1) is 0 Å². The lowest BCUT2D eigenvalue weighted by atomic mass is 9.88. The van der Waals surface area contributed by atoms with Crippen LogP contribution in [0, 0.1) is 0 Å². The first-order valence-corrected chi connectivity index (χ1v) is 7.98. The lowest BCUT2D eigenvalue weighted by Gasteiger charge is -2.26. The fraction of sp³-hybridized carbons (Fsp3) is 0.412. The molecule has 1 aromatic carbocycles. The Labute approximate surface area is 135 Å². The van der Waals surface area contributed by atoms with E-state index >= 15 is 0 Å². The molecule has 116 valence electrons. The van der Waals surface area contributed by atoms with Crippen LogP contribution in [-0.4, -0.2) is 29.8 Å². The predicted molar refractivity (Wildman–Crippen MR) is 86.8 cm³/mol. The van der Waals surface area contributed by atoms with E-state index < -0.39 is 0 Å². The van der Waals surface area contributed by atoms with Gasteiger partial charge in [0.15, 0.2) is 0 Å². The number of benzene rings is 1. The first-order chi connectivity index (χ1) is 10.6. The summed E-state index contributed by atoms with van der Waals surface area (Å²) >= 11 is 5.91. The van der Waals surface area contributed by atoms with Gasteiger partial charge >= 0.3 is 0 Å². The van der Waals surface area contributed by atoms with Gasteiger partial charge in [-0.3, -0.25) is 9.59 Å². The van der Waals surface area contributed by atoms with Crippen LogP contribution in [0.25, 0.3) is 0 Å². The molecular formula is C17H19ClN2O2. The third kappa shape index (κ3) is 2.88. The molecule has 4 nitrogen and oxygen atoms in total. The fourth-order valence-electron chi connectivity index (χ4n) is 3.39. The quantitative estimate of drug-likeness (QED) is 0.928. The molecule has 1 atom stereocenters. The van der Waals surface area contributed by atoms with Crippen molar-refractivity contribution >= 4 is 29.1 Å². The number of hydrogen-bond donors (Lipinski definition) is 1. The highest BCUT2D eigenvalue weighted by Crippen LogP contribution is 2.37. The third-order valence-electron chi connectivity index (χ3n) is 4.46. The molecule has 0 bridgehead atoms. The molecule has 0 radical (unpaired) electrons. The van der Waals surface area contributed by atoms with Gasteiger partial charge in [-0.1, -0.05) is 24.1 Å². The molecule has 1 fully saturated rings. The zero-order chi connectivity index (χ0) is 15.7. The number of likely N-dealkylation sites (N-methyl/N-ethyl adjacent to an activating group) is 1. The van der Waals surface area contributed by atoms with Crippen molar-refractivity contribution in [3.63, 3.8) is 0 Å². The number of fused-ring (bicyclic) bond motifs is 1. The van der Waals surface area contributed by atoms with Crippen LogP contribution in [-0.2, 0) is 9.59 Å². The smallest absolute Gasteiger partial charge is 0.250 e. The van der Waals surface area contributed by atoms with Crippen LogP contribution in [0.15, 0.2) is 35.4 Å². The van der Waals surface area contributed by atoms with E-state index in [2.05, 4.69) is 5.32 Å². The summed E-state index contributed by atoms with van der Waals surface area (Å²) in [7, 11) is 1.83. The Morgan fingerprint density at radius 1 is 1.41 bits per heavy atom. The molecule has 0 saturated heterocycles. The first-order valence-electron chi connectivity index (χ1n) is 7.61. The van der Waals surface area contributed by atoms with E-state index in [4.69, 9.17) is 11.6 Å². The highest BCUT2D eigenvalue weighted by atomic mass is 35.5. The average Bonchev–Trinajstić information content (AvgIpc) is 2.73. The molecular weight excluding hydrogens is 300 g/mol. The number of carbonyl (C=O) groups excluding carboxylic acids is 2. The number of halogens is 1. The SMILES string of the molecule is CN1C(=O)C(CC(=O)Nc2cccc(Cl)c2)=C2CCCCC21. The molecule has 5 heteroatoms. The van der Waals surface area contributed by atoms with Gasteiger partial charge < -0.3 is 10.2 Å². The summed E-state index contributed by atoms with van der Waals surface area (Å²) in [4.78, 5) is 26.4. The standard InChI is InChI=1S/C17H19ClN2O2/c1-20-15-8-3-2-7-13(15)14(17(20)22)10-16(21)19-12-6-4-5-11(18)9-12/h4-6,9,15H,2-3,7-8,10H2,1H3,(H,19,21). The van der Waals surface area contributed by atoms with Gasteiger partial charge in [0.05, 0.1) is 12.5 Å². The second-order valence-electron chi connectivity index (χ2n) is 5.92. The highest BCUT2D eigenvalue weighted by molar-refractivity contribution is 6.30. The minimum absolute atomic E-state index is 0.00291. The molecule has 1 saturated carbocycles. The third-order valence-corrected chi connectivity index (χ3v) is 4.69. The lowest BCUT2D eigenvalue weighted by molar-refractivity contribution is -0.127. The van der Waals surface area contributed by atoms with E-state index in [9.17, 15) is 9.59 Å². The van der Waals surface area contributed by atoms with Gasteiger partial charge in [0.1, 0.15) is 0 Å². The monoisotopic (exact) mass is 318 g/mol. The zero-order valence-electron chi connectivity index (χ0n) is 12.6. The molecule has 3 rings (SSSR count). The van der Waals surface area contributed by atoms with E-state index in [1.165, 1.54) is 5.57 Å². The van der Waals surface area contributed by atoms with Crippen LogP contribution in [0.1, 0.15) is 32.1 Å². The number of hydrogen-bond acceptors (Lipinski definition) is 2. The highest BCUT2D eigenvalue weighted by Gasteiger charge is 2.38. The minimum Gasteiger partial charge on any atom is -0.335 e. The summed E-state index contributed by atoms with van der Waals surface area (Å²) < 4.78 is 0. The van der Waals surface area contributed by atoms with Crippen molar-refractivity contribution in [3.8, 4) is 0 Å². The molecule has 1 aliphatic carbocycles. The Balaban J connectivity index is 1.74. The van der Waals surface area contributed by atoms with E-state index in [1.807, 2.05) is 7.05 Å². The summed E-state index contributed by atoms with van der Waals surface area (Å²) in [5.41, 5.74) is 2.51. The van der Waals surface area contributed by atoms with Gasteiger partial charge in [-0.25, -0.2) is 0 Å². The zero-order valence-corrected chi connectivity index (χ0v) is 13.3. The van der Waals surface area contributed by atoms with Gasteiger partial charge in [-0.2, -0.15) is 0 Å². The van der Waals surface area contributed by atoms with Crippen molar-refractivity contribution in [2.75, 3.05) is 12.4 Å². The molecule has 0 spiro atoms. The van der Waals surface area contributed by atoms with Crippen LogP contribution < -0.4 is 5.32 Å². The lowest BCUT2D eigenvalue weighted by Crippen LogP contribution is -2.33.